The van der Waals surface area contributed by atoms with Gasteiger partial charge in [-0.05, 0) is 24.1 Å². The van der Waals surface area contributed by atoms with Crippen LogP contribution in [0.15, 0.2) is 18.2 Å². The van der Waals surface area contributed by atoms with Crippen molar-refractivity contribution >= 4 is 11.9 Å². The van der Waals surface area contributed by atoms with Gasteiger partial charge in [-0.3, -0.25) is 9.59 Å². The molecule has 0 aromatic heterocycles. The van der Waals surface area contributed by atoms with Crippen LogP contribution in [0.1, 0.15) is 12.0 Å². The first kappa shape index (κ1) is 14.8. The second-order valence-electron chi connectivity index (χ2n) is 4.03. The second kappa shape index (κ2) is 6.63. The number of aliphatic carboxylic acids is 1. The average Bonchev–Trinajstić information content (AvgIpc) is 2.38. The number of carboxylic acid groups (broad SMARTS) is 1. The van der Waals surface area contributed by atoms with Crippen LogP contribution in [0.2, 0.25) is 0 Å². The van der Waals surface area contributed by atoms with E-state index >= 15 is 0 Å². The van der Waals surface area contributed by atoms with E-state index in [1.54, 1.807) is 12.1 Å². The normalized spacial score (nSPS) is 11.7. The van der Waals surface area contributed by atoms with E-state index in [9.17, 15) is 14.7 Å². The summed E-state index contributed by atoms with van der Waals surface area (Å²) in [5, 5.41) is 18.2. The van der Waals surface area contributed by atoms with Crippen molar-refractivity contribution in [1.82, 2.24) is 0 Å². The summed E-state index contributed by atoms with van der Waals surface area (Å²) < 4.78 is 9.54. The van der Waals surface area contributed by atoms with E-state index in [4.69, 9.17) is 9.84 Å². The predicted molar refractivity (Wildman–Crippen MR) is 66.1 cm³/mol. The van der Waals surface area contributed by atoms with Crippen molar-refractivity contribution in [3.8, 4) is 11.5 Å². The number of carbonyl (C=O) groups excluding carboxylic acids is 1. The van der Waals surface area contributed by atoms with Gasteiger partial charge in [0.25, 0.3) is 0 Å². The molecule has 0 fully saturated rings. The number of carbonyl (C=O) groups is 2. The minimum absolute atomic E-state index is 0.0147. The van der Waals surface area contributed by atoms with Crippen molar-refractivity contribution in [1.29, 1.82) is 0 Å². The Hall–Kier alpha value is -2.24. The molecule has 0 heterocycles. The highest BCUT2D eigenvalue weighted by molar-refractivity contribution is 5.79. The van der Waals surface area contributed by atoms with E-state index in [-0.39, 0.29) is 24.3 Å². The summed E-state index contributed by atoms with van der Waals surface area (Å²) in [6.45, 7) is 0. The third-order valence-electron chi connectivity index (χ3n) is 2.68. The number of rotatable bonds is 6. The summed E-state index contributed by atoms with van der Waals surface area (Å²) in [6, 6.07) is 4.60. The van der Waals surface area contributed by atoms with E-state index in [0.29, 0.717) is 5.56 Å². The van der Waals surface area contributed by atoms with Crippen LogP contribution >= 0.6 is 0 Å². The number of benzene rings is 1. The maximum Gasteiger partial charge on any atom is 0.309 e. The minimum atomic E-state index is -1.07. The number of esters is 1. The van der Waals surface area contributed by atoms with Crippen LogP contribution in [0.25, 0.3) is 0 Å². The average molecular weight is 268 g/mol. The molecule has 0 bridgehead atoms. The summed E-state index contributed by atoms with van der Waals surface area (Å²) in [6.07, 6.45) is -0.106. The summed E-state index contributed by atoms with van der Waals surface area (Å²) >= 11 is 0. The summed E-state index contributed by atoms with van der Waals surface area (Å²) in [5.41, 5.74) is 0.686. The molecule has 0 aliphatic rings. The van der Waals surface area contributed by atoms with Crippen LogP contribution in [0.5, 0.6) is 11.5 Å². The van der Waals surface area contributed by atoms with Crippen molar-refractivity contribution in [2.45, 2.75) is 12.8 Å². The number of aromatic hydroxyl groups is 1. The third-order valence-corrected chi connectivity index (χ3v) is 2.68. The van der Waals surface area contributed by atoms with Gasteiger partial charge >= 0.3 is 11.9 Å². The Morgan fingerprint density at radius 2 is 2.00 bits per heavy atom. The maximum atomic E-state index is 11.5. The summed E-state index contributed by atoms with van der Waals surface area (Å²) in [7, 11) is 2.63. The van der Waals surface area contributed by atoms with Crippen molar-refractivity contribution in [2.75, 3.05) is 14.2 Å². The first-order valence-corrected chi connectivity index (χ1v) is 5.63. The lowest BCUT2D eigenvalue weighted by molar-refractivity contribution is -0.150. The molecule has 19 heavy (non-hydrogen) atoms. The Morgan fingerprint density at radius 3 is 2.53 bits per heavy atom. The zero-order valence-electron chi connectivity index (χ0n) is 10.8. The summed E-state index contributed by atoms with van der Waals surface area (Å²) in [5.74, 6) is -2.15. The Kier molecular flexibility index (Phi) is 5.17. The van der Waals surface area contributed by atoms with Gasteiger partial charge in [0.15, 0.2) is 11.5 Å². The molecule has 0 aliphatic heterocycles. The maximum absolute atomic E-state index is 11.5. The van der Waals surface area contributed by atoms with Gasteiger partial charge in [0.1, 0.15) is 0 Å². The molecule has 1 unspecified atom stereocenters. The fourth-order valence-corrected chi connectivity index (χ4v) is 1.75. The highest BCUT2D eigenvalue weighted by Gasteiger charge is 2.23. The lowest BCUT2D eigenvalue weighted by Gasteiger charge is -2.13. The smallest absolute Gasteiger partial charge is 0.309 e. The number of hydrogen-bond acceptors (Lipinski definition) is 5. The number of phenolic OH excluding ortho intramolecular Hbond substituents is 1. The van der Waals surface area contributed by atoms with Gasteiger partial charge < -0.3 is 19.7 Å². The van der Waals surface area contributed by atoms with E-state index in [1.807, 2.05) is 0 Å². The Morgan fingerprint density at radius 1 is 1.32 bits per heavy atom. The lowest BCUT2D eigenvalue weighted by atomic mass is 9.96. The molecular weight excluding hydrogens is 252 g/mol. The van der Waals surface area contributed by atoms with Crippen molar-refractivity contribution < 1.29 is 29.3 Å². The standard InChI is InChI=1S/C13H16O6/c1-18-11-6-8(3-4-10(11)14)5-9(7-12(15)16)13(17)19-2/h3-4,6,9,14H,5,7H2,1-2H3,(H,15,16). The van der Waals surface area contributed by atoms with Crippen LogP contribution in [0.4, 0.5) is 0 Å². The number of ether oxygens (including phenoxy) is 2. The van der Waals surface area contributed by atoms with Crippen LogP contribution in [0, 0.1) is 5.92 Å². The van der Waals surface area contributed by atoms with Crippen LogP contribution in [0.3, 0.4) is 0 Å². The Labute approximate surface area is 110 Å². The number of methoxy groups -OCH3 is 2. The van der Waals surface area contributed by atoms with Gasteiger partial charge in [-0.15, -0.1) is 0 Å². The van der Waals surface area contributed by atoms with Gasteiger partial charge in [0.2, 0.25) is 0 Å². The minimum Gasteiger partial charge on any atom is -0.504 e. The highest BCUT2D eigenvalue weighted by atomic mass is 16.5. The summed E-state index contributed by atoms with van der Waals surface area (Å²) in [4.78, 5) is 22.2. The van der Waals surface area contributed by atoms with Gasteiger partial charge in [0.05, 0.1) is 26.6 Å². The van der Waals surface area contributed by atoms with Gasteiger partial charge in [-0.2, -0.15) is 0 Å². The molecule has 0 saturated heterocycles. The topological polar surface area (TPSA) is 93.1 Å². The molecule has 6 nitrogen and oxygen atoms in total. The molecule has 104 valence electrons. The van der Waals surface area contributed by atoms with Gasteiger partial charge in [0, 0.05) is 0 Å². The first-order valence-electron chi connectivity index (χ1n) is 5.63. The van der Waals surface area contributed by atoms with Crippen molar-refractivity contribution in [2.24, 2.45) is 5.92 Å². The molecule has 6 heteroatoms. The molecule has 1 rings (SSSR count). The molecule has 1 aromatic carbocycles. The largest absolute Gasteiger partial charge is 0.504 e. The lowest BCUT2D eigenvalue weighted by Crippen LogP contribution is -2.22. The predicted octanol–water partition coefficient (Wildman–Crippen LogP) is 1.21. The third kappa shape index (κ3) is 4.17. The van der Waals surface area contributed by atoms with Crippen molar-refractivity contribution in [3.63, 3.8) is 0 Å². The van der Waals surface area contributed by atoms with Gasteiger partial charge in [-0.1, -0.05) is 6.07 Å². The highest BCUT2D eigenvalue weighted by Crippen LogP contribution is 2.27. The van der Waals surface area contributed by atoms with E-state index in [1.165, 1.54) is 20.3 Å². The fourth-order valence-electron chi connectivity index (χ4n) is 1.75. The first-order chi connectivity index (χ1) is 8.97. The Balaban J connectivity index is 2.89. The number of hydrogen-bond donors (Lipinski definition) is 2. The van der Waals surface area contributed by atoms with Crippen LogP contribution in [-0.4, -0.2) is 36.4 Å². The molecular formula is C13H16O6. The van der Waals surface area contributed by atoms with E-state index in [2.05, 4.69) is 4.74 Å². The molecule has 0 saturated carbocycles. The molecule has 0 radical (unpaired) electrons. The molecule has 2 N–H and O–H groups in total. The van der Waals surface area contributed by atoms with E-state index < -0.39 is 17.9 Å². The quantitative estimate of drug-likeness (QED) is 0.753. The van der Waals surface area contributed by atoms with E-state index in [0.717, 1.165) is 0 Å². The second-order valence-corrected chi connectivity index (χ2v) is 4.03. The number of carboxylic acids is 1. The van der Waals surface area contributed by atoms with Crippen molar-refractivity contribution in [3.05, 3.63) is 23.8 Å². The Bertz CT molecular complexity index is 468. The van der Waals surface area contributed by atoms with Crippen LogP contribution < -0.4 is 4.74 Å². The zero-order valence-corrected chi connectivity index (χ0v) is 10.8. The molecule has 0 aliphatic carbocycles. The number of phenols is 1. The molecule has 1 atom stereocenters. The molecule has 0 amide bonds. The SMILES string of the molecule is COC(=O)C(CC(=O)O)Cc1ccc(O)c(OC)c1. The fraction of sp³-hybridized carbons (Fsp3) is 0.385. The monoisotopic (exact) mass is 268 g/mol. The van der Waals surface area contributed by atoms with Crippen LogP contribution in [-0.2, 0) is 20.7 Å². The van der Waals surface area contributed by atoms with Gasteiger partial charge in [-0.25, -0.2) is 0 Å². The molecule has 0 spiro atoms. The molecule has 1 aromatic rings. The zero-order chi connectivity index (χ0) is 14.4.